The minimum atomic E-state index is -0.710. The van der Waals surface area contributed by atoms with Gasteiger partial charge in [-0.15, -0.1) is 0 Å². The highest BCUT2D eigenvalue weighted by atomic mass is 16.5. The highest BCUT2D eigenvalue weighted by molar-refractivity contribution is 5.99. The van der Waals surface area contributed by atoms with Gasteiger partial charge in [0.25, 0.3) is 0 Å². The van der Waals surface area contributed by atoms with Crippen LogP contribution < -0.4 is 9.64 Å². The third-order valence-electron chi connectivity index (χ3n) is 7.90. The molecule has 0 unspecified atom stereocenters. The smallest absolute Gasteiger partial charge is 0.151 e. The summed E-state index contributed by atoms with van der Waals surface area (Å²) in [5.74, 6) is 1.59. The minimum Gasteiger partial charge on any atom is -0.453 e. The summed E-state index contributed by atoms with van der Waals surface area (Å²) in [5.41, 5.74) is 9.99. The van der Waals surface area contributed by atoms with Crippen LogP contribution >= 0.6 is 0 Å². The molecule has 3 aliphatic rings. The maximum atomic E-state index is 9.87. The van der Waals surface area contributed by atoms with Crippen molar-refractivity contribution >= 4 is 17.1 Å². The lowest BCUT2D eigenvalue weighted by Crippen LogP contribution is -2.37. The van der Waals surface area contributed by atoms with E-state index in [9.17, 15) is 10.5 Å². The third kappa shape index (κ3) is 2.30. The van der Waals surface area contributed by atoms with Crippen LogP contribution in [0.3, 0.4) is 0 Å². The third-order valence-corrected chi connectivity index (χ3v) is 7.90. The number of hydrogen-bond donors (Lipinski definition) is 0. The maximum Gasteiger partial charge on any atom is 0.151 e. The van der Waals surface area contributed by atoms with Gasteiger partial charge < -0.3 is 9.64 Å². The van der Waals surface area contributed by atoms with Crippen LogP contribution in [0.15, 0.2) is 103 Å². The van der Waals surface area contributed by atoms with Gasteiger partial charge in [-0.3, -0.25) is 0 Å². The molecule has 37 heavy (non-hydrogen) atoms. The van der Waals surface area contributed by atoms with Crippen molar-refractivity contribution < 1.29 is 4.74 Å². The number of nitriles is 2. The Morgan fingerprint density at radius 2 is 1.16 bits per heavy atom. The second-order valence-corrected chi connectivity index (χ2v) is 9.57. The van der Waals surface area contributed by atoms with Crippen molar-refractivity contribution in [1.82, 2.24) is 0 Å². The Kier molecular flexibility index (Phi) is 3.71. The Bertz CT molecular complexity index is 1840. The topological polar surface area (TPSA) is 60.0 Å². The van der Waals surface area contributed by atoms with Gasteiger partial charge in [0, 0.05) is 0 Å². The van der Waals surface area contributed by atoms with E-state index < -0.39 is 5.41 Å². The van der Waals surface area contributed by atoms with E-state index in [-0.39, 0.29) is 0 Å². The number of rotatable bonds is 0. The summed E-state index contributed by atoms with van der Waals surface area (Å²) < 4.78 is 6.46. The van der Waals surface area contributed by atoms with Crippen molar-refractivity contribution in [2.75, 3.05) is 4.90 Å². The molecule has 0 bridgehead atoms. The summed E-state index contributed by atoms with van der Waals surface area (Å²) in [4.78, 5) is 2.30. The van der Waals surface area contributed by atoms with E-state index in [0.717, 1.165) is 61.9 Å². The lowest BCUT2D eigenvalue weighted by molar-refractivity contribution is 0.473. The van der Waals surface area contributed by atoms with Crippen LogP contribution in [0.4, 0.5) is 17.1 Å². The number of hydrogen-bond acceptors (Lipinski definition) is 4. The van der Waals surface area contributed by atoms with E-state index in [1.54, 1.807) is 0 Å². The zero-order chi connectivity index (χ0) is 24.7. The summed E-state index contributed by atoms with van der Waals surface area (Å²) in [6.07, 6.45) is 0. The second kappa shape index (κ2) is 6.88. The fourth-order valence-corrected chi connectivity index (χ4v) is 6.53. The SMILES string of the molecule is N#Cc1ccc2c(c1)C1(c3cc(C#N)ccc3-2)c2ccccc2N2c3ccccc3Oc3cccc1c32. The molecule has 5 aromatic rings. The molecule has 0 aromatic heterocycles. The molecular formula is C33H17N3O. The Morgan fingerprint density at radius 1 is 0.568 bits per heavy atom. The molecule has 1 spiro atoms. The summed E-state index contributed by atoms with van der Waals surface area (Å²) in [5, 5.41) is 19.7. The Balaban J connectivity index is 1.59. The van der Waals surface area contributed by atoms with Crippen molar-refractivity contribution in [3.8, 4) is 34.8 Å². The van der Waals surface area contributed by atoms with Crippen molar-refractivity contribution in [2.45, 2.75) is 5.41 Å². The highest BCUT2D eigenvalue weighted by Crippen LogP contribution is 2.66. The van der Waals surface area contributed by atoms with Crippen molar-refractivity contribution in [3.05, 3.63) is 137 Å². The van der Waals surface area contributed by atoms with E-state index in [0.29, 0.717) is 11.1 Å². The molecule has 0 N–H and O–H groups in total. The second-order valence-electron chi connectivity index (χ2n) is 9.57. The lowest BCUT2D eigenvalue weighted by atomic mass is 9.64. The van der Waals surface area contributed by atoms with Crippen LogP contribution in [0, 0.1) is 22.7 Å². The van der Waals surface area contributed by atoms with Crippen molar-refractivity contribution in [1.29, 1.82) is 10.5 Å². The van der Waals surface area contributed by atoms with Gasteiger partial charge in [0.1, 0.15) is 0 Å². The van der Waals surface area contributed by atoms with Gasteiger partial charge >= 0.3 is 0 Å². The fraction of sp³-hybridized carbons (Fsp3) is 0.0303. The van der Waals surface area contributed by atoms with Crippen LogP contribution in [-0.4, -0.2) is 0 Å². The predicted octanol–water partition coefficient (Wildman–Crippen LogP) is 7.68. The first-order valence-corrected chi connectivity index (χ1v) is 12.2. The number of nitrogens with zero attached hydrogens (tertiary/aromatic N) is 3. The monoisotopic (exact) mass is 471 g/mol. The van der Waals surface area contributed by atoms with E-state index in [2.05, 4.69) is 53.4 Å². The fourth-order valence-electron chi connectivity index (χ4n) is 6.53. The average Bonchev–Trinajstić information content (AvgIpc) is 3.24. The molecule has 4 nitrogen and oxygen atoms in total. The number of ether oxygens (including phenoxy) is 1. The molecule has 0 amide bonds. The highest BCUT2D eigenvalue weighted by Gasteiger charge is 2.53. The van der Waals surface area contributed by atoms with Gasteiger partial charge in [0.15, 0.2) is 11.5 Å². The molecule has 1 aliphatic carbocycles. The molecule has 0 radical (unpaired) electrons. The molecule has 2 heterocycles. The van der Waals surface area contributed by atoms with Crippen LogP contribution in [-0.2, 0) is 5.41 Å². The standard InChI is InChI=1S/C33H17N3O/c34-18-20-12-14-22-23-15-13-21(19-35)17-27(23)33(26(22)16-20)24-6-1-2-8-28(24)36-29-9-3-4-10-30(29)37-31-11-5-7-25(33)32(31)36/h1-17H. The summed E-state index contributed by atoms with van der Waals surface area (Å²) >= 11 is 0. The number of fused-ring (bicyclic) bond motifs is 11. The average molecular weight is 472 g/mol. The zero-order valence-electron chi connectivity index (χ0n) is 19.6. The first-order chi connectivity index (χ1) is 18.3. The first-order valence-electron chi connectivity index (χ1n) is 12.2. The van der Waals surface area contributed by atoms with Crippen LogP contribution in [0.25, 0.3) is 11.1 Å². The largest absolute Gasteiger partial charge is 0.453 e. The van der Waals surface area contributed by atoms with Crippen LogP contribution in [0.1, 0.15) is 33.4 Å². The summed E-state index contributed by atoms with van der Waals surface area (Å²) in [6.45, 7) is 0. The summed E-state index contributed by atoms with van der Waals surface area (Å²) in [7, 11) is 0. The molecular weight excluding hydrogens is 454 g/mol. The van der Waals surface area contributed by atoms with Gasteiger partial charge in [-0.1, -0.05) is 54.6 Å². The molecule has 4 heteroatoms. The van der Waals surface area contributed by atoms with Crippen LogP contribution in [0.2, 0.25) is 0 Å². The zero-order valence-corrected chi connectivity index (χ0v) is 19.6. The van der Waals surface area contributed by atoms with Crippen molar-refractivity contribution in [3.63, 3.8) is 0 Å². The van der Waals surface area contributed by atoms with Gasteiger partial charge in [0.2, 0.25) is 0 Å². The number of anilines is 3. The molecule has 0 saturated heterocycles. The van der Waals surface area contributed by atoms with Gasteiger partial charge in [0.05, 0.1) is 45.7 Å². The molecule has 8 rings (SSSR count). The quantitative estimate of drug-likeness (QED) is 0.228. The minimum absolute atomic E-state index is 0.609. The van der Waals surface area contributed by atoms with Gasteiger partial charge in [-0.25, -0.2) is 0 Å². The van der Waals surface area contributed by atoms with E-state index >= 15 is 0 Å². The van der Waals surface area contributed by atoms with Gasteiger partial charge in [-0.2, -0.15) is 10.5 Å². The number of benzene rings is 5. The summed E-state index contributed by atoms with van der Waals surface area (Å²) in [6, 6.07) is 39.3. The molecule has 2 aliphatic heterocycles. The predicted molar refractivity (Wildman–Crippen MR) is 141 cm³/mol. The van der Waals surface area contributed by atoms with E-state index in [1.807, 2.05) is 66.7 Å². The van der Waals surface area contributed by atoms with E-state index in [4.69, 9.17) is 4.74 Å². The molecule has 0 fully saturated rings. The van der Waals surface area contributed by atoms with Gasteiger partial charge in [-0.05, 0) is 81.9 Å². The normalized spacial score (nSPS) is 14.3. The lowest BCUT2D eigenvalue weighted by Gasteiger charge is -2.47. The van der Waals surface area contributed by atoms with E-state index in [1.165, 1.54) is 0 Å². The number of para-hydroxylation sites is 4. The Labute approximate surface area is 213 Å². The molecule has 0 atom stereocenters. The Morgan fingerprint density at radius 3 is 1.86 bits per heavy atom. The Hall–Kier alpha value is -5.32. The van der Waals surface area contributed by atoms with Crippen molar-refractivity contribution in [2.24, 2.45) is 0 Å². The first kappa shape index (κ1) is 19.9. The molecule has 5 aromatic carbocycles. The molecule has 0 saturated carbocycles. The van der Waals surface area contributed by atoms with Crippen LogP contribution in [0.5, 0.6) is 11.5 Å². The maximum absolute atomic E-state index is 9.87. The molecule has 170 valence electrons.